The molecule has 1 aromatic heterocycles. The second kappa shape index (κ2) is 8.27. The number of methoxy groups -OCH3 is 3. The quantitative estimate of drug-likeness (QED) is 0.689. The van der Waals surface area contributed by atoms with Crippen LogP contribution < -0.4 is 19.5 Å². The summed E-state index contributed by atoms with van der Waals surface area (Å²) < 4.78 is 21.1. The van der Waals surface area contributed by atoms with Crippen LogP contribution in [-0.4, -0.2) is 32.2 Å². The fourth-order valence-electron chi connectivity index (χ4n) is 2.63. The minimum absolute atomic E-state index is 0.212. The van der Waals surface area contributed by atoms with Crippen LogP contribution in [0.5, 0.6) is 17.2 Å². The molecule has 0 saturated carbocycles. The van der Waals surface area contributed by atoms with Crippen LogP contribution in [0.1, 0.15) is 16.1 Å². The van der Waals surface area contributed by atoms with E-state index in [1.54, 1.807) is 33.5 Å². The zero-order chi connectivity index (χ0) is 19.2. The van der Waals surface area contributed by atoms with Gasteiger partial charge in [0.1, 0.15) is 5.75 Å². The first-order valence-electron chi connectivity index (χ1n) is 8.23. The average molecular weight is 368 g/mol. The minimum atomic E-state index is -0.337. The van der Waals surface area contributed by atoms with Gasteiger partial charge in [0.25, 0.3) is 5.91 Å². The number of benzene rings is 2. The number of carbonyl (C=O) groups is 1. The van der Waals surface area contributed by atoms with Gasteiger partial charge in [0.2, 0.25) is 0 Å². The average Bonchev–Trinajstić information content (AvgIpc) is 3.21. The summed E-state index contributed by atoms with van der Waals surface area (Å²) in [6.07, 6.45) is 1.25. The number of nitrogens with zero attached hydrogens (tertiary/aromatic N) is 1. The molecule has 0 radical (unpaired) electrons. The monoisotopic (exact) mass is 368 g/mol. The number of rotatable bonds is 7. The van der Waals surface area contributed by atoms with Crippen LogP contribution in [0.3, 0.4) is 0 Å². The molecule has 7 heteroatoms. The number of hydrogen-bond acceptors (Lipinski definition) is 6. The van der Waals surface area contributed by atoms with Gasteiger partial charge in [0, 0.05) is 12.1 Å². The Balaban J connectivity index is 1.75. The van der Waals surface area contributed by atoms with Crippen LogP contribution in [0.2, 0.25) is 0 Å². The van der Waals surface area contributed by atoms with Crippen molar-refractivity contribution in [3.63, 3.8) is 0 Å². The third kappa shape index (κ3) is 4.03. The van der Waals surface area contributed by atoms with Gasteiger partial charge in [-0.15, -0.1) is 0 Å². The second-order valence-corrected chi connectivity index (χ2v) is 5.63. The molecule has 0 aliphatic carbocycles. The minimum Gasteiger partial charge on any atom is -0.497 e. The lowest BCUT2D eigenvalue weighted by Gasteiger charge is -2.10. The highest BCUT2D eigenvalue weighted by Crippen LogP contribution is 2.28. The molecule has 3 aromatic rings. The van der Waals surface area contributed by atoms with E-state index in [9.17, 15) is 4.79 Å². The second-order valence-electron chi connectivity index (χ2n) is 5.63. The van der Waals surface area contributed by atoms with E-state index in [0.29, 0.717) is 35.1 Å². The molecule has 0 atom stereocenters. The van der Waals surface area contributed by atoms with Crippen molar-refractivity contribution in [3.8, 4) is 28.6 Å². The molecule has 1 N–H and O–H groups in total. The third-order valence-electron chi connectivity index (χ3n) is 4.02. The van der Waals surface area contributed by atoms with Gasteiger partial charge >= 0.3 is 0 Å². The lowest BCUT2D eigenvalue weighted by molar-refractivity contribution is 0.0946. The highest BCUT2D eigenvalue weighted by Gasteiger charge is 2.18. The van der Waals surface area contributed by atoms with Gasteiger partial charge in [-0.25, -0.2) is 4.98 Å². The molecule has 1 heterocycles. The van der Waals surface area contributed by atoms with Crippen molar-refractivity contribution < 1.29 is 23.4 Å². The lowest BCUT2D eigenvalue weighted by Crippen LogP contribution is -2.23. The van der Waals surface area contributed by atoms with E-state index in [2.05, 4.69) is 10.3 Å². The maximum atomic E-state index is 12.6. The van der Waals surface area contributed by atoms with Crippen molar-refractivity contribution >= 4 is 5.91 Å². The van der Waals surface area contributed by atoms with Gasteiger partial charge < -0.3 is 23.9 Å². The zero-order valence-electron chi connectivity index (χ0n) is 15.3. The molecule has 0 fully saturated rings. The maximum Gasteiger partial charge on any atom is 0.274 e. The van der Waals surface area contributed by atoms with E-state index in [-0.39, 0.29) is 11.6 Å². The van der Waals surface area contributed by atoms with Crippen molar-refractivity contribution in [1.29, 1.82) is 0 Å². The molecular weight excluding hydrogens is 348 g/mol. The fraction of sp³-hybridized carbons (Fsp3) is 0.200. The Hall–Kier alpha value is -3.48. The highest BCUT2D eigenvalue weighted by molar-refractivity contribution is 5.97. The largest absolute Gasteiger partial charge is 0.497 e. The van der Waals surface area contributed by atoms with Gasteiger partial charge in [-0.2, -0.15) is 0 Å². The van der Waals surface area contributed by atoms with Crippen LogP contribution in [0.4, 0.5) is 0 Å². The van der Waals surface area contributed by atoms with Gasteiger partial charge in [-0.05, 0) is 29.8 Å². The molecule has 3 rings (SSSR count). The molecule has 0 bridgehead atoms. The molecule has 7 nitrogen and oxygen atoms in total. The predicted octanol–water partition coefficient (Wildman–Crippen LogP) is 3.30. The Kier molecular flexibility index (Phi) is 5.61. The Morgan fingerprint density at radius 3 is 2.59 bits per heavy atom. The van der Waals surface area contributed by atoms with Crippen molar-refractivity contribution in [3.05, 3.63) is 60.1 Å². The van der Waals surface area contributed by atoms with Crippen molar-refractivity contribution in [2.45, 2.75) is 6.54 Å². The Morgan fingerprint density at radius 2 is 1.85 bits per heavy atom. The first-order chi connectivity index (χ1) is 13.2. The molecule has 27 heavy (non-hydrogen) atoms. The predicted molar refractivity (Wildman–Crippen MR) is 99.2 cm³/mol. The molecular formula is C20H20N2O5. The number of oxazole rings is 1. The molecule has 0 aliphatic heterocycles. The normalized spacial score (nSPS) is 10.3. The van der Waals surface area contributed by atoms with Crippen molar-refractivity contribution in [2.24, 2.45) is 0 Å². The van der Waals surface area contributed by atoms with E-state index >= 15 is 0 Å². The summed E-state index contributed by atoms with van der Waals surface area (Å²) in [5, 5.41) is 2.84. The van der Waals surface area contributed by atoms with Crippen molar-refractivity contribution in [2.75, 3.05) is 21.3 Å². The summed E-state index contributed by atoms with van der Waals surface area (Å²) in [7, 11) is 4.72. The van der Waals surface area contributed by atoms with Gasteiger partial charge in [-0.1, -0.05) is 18.2 Å². The lowest BCUT2D eigenvalue weighted by atomic mass is 10.1. The summed E-state index contributed by atoms with van der Waals surface area (Å²) in [6, 6.07) is 12.7. The first-order valence-corrected chi connectivity index (χ1v) is 8.23. The third-order valence-corrected chi connectivity index (χ3v) is 4.02. The summed E-state index contributed by atoms with van der Waals surface area (Å²) in [5.41, 5.74) is 1.79. The maximum absolute atomic E-state index is 12.6. The smallest absolute Gasteiger partial charge is 0.274 e. The van der Waals surface area contributed by atoms with Crippen LogP contribution in [-0.2, 0) is 6.54 Å². The number of ether oxygens (including phenoxy) is 3. The molecule has 0 spiro atoms. The number of amides is 1. The molecule has 0 unspecified atom stereocenters. The van der Waals surface area contributed by atoms with Crippen LogP contribution in [0.25, 0.3) is 11.3 Å². The Labute approximate surface area is 156 Å². The Bertz CT molecular complexity index is 936. The summed E-state index contributed by atoms with van der Waals surface area (Å²) in [4.78, 5) is 16.6. The standard InChI is InChI=1S/C20H20N2O5/c1-24-15-6-4-5-14(10-15)19-18(22-12-27-19)20(23)21-11-13-7-8-16(25-2)17(9-13)26-3/h4-10,12H,11H2,1-3H3,(H,21,23). The molecule has 140 valence electrons. The topological polar surface area (TPSA) is 82.8 Å². The number of hydrogen-bond donors (Lipinski definition) is 1. The zero-order valence-corrected chi connectivity index (χ0v) is 15.3. The number of nitrogens with one attached hydrogen (secondary N) is 1. The van der Waals surface area contributed by atoms with Crippen LogP contribution in [0.15, 0.2) is 53.3 Å². The summed E-state index contributed by atoms with van der Waals surface area (Å²) in [5.74, 6) is 1.95. The van der Waals surface area contributed by atoms with E-state index in [0.717, 1.165) is 5.56 Å². The van der Waals surface area contributed by atoms with Gasteiger partial charge in [0.05, 0.1) is 21.3 Å². The van der Waals surface area contributed by atoms with E-state index in [1.807, 2.05) is 30.3 Å². The summed E-state index contributed by atoms with van der Waals surface area (Å²) >= 11 is 0. The Morgan fingerprint density at radius 1 is 1.04 bits per heavy atom. The van der Waals surface area contributed by atoms with Gasteiger partial charge in [0.15, 0.2) is 29.3 Å². The first kappa shape index (κ1) is 18.3. The van der Waals surface area contributed by atoms with E-state index < -0.39 is 0 Å². The molecule has 0 saturated heterocycles. The SMILES string of the molecule is COc1cccc(-c2ocnc2C(=O)NCc2ccc(OC)c(OC)c2)c1. The van der Waals surface area contributed by atoms with Crippen molar-refractivity contribution in [1.82, 2.24) is 10.3 Å². The van der Waals surface area contributed by atoms with E-state index in [1.165, 1.54) is 6.39 Å². The van der Waals surface area contributed by atoms with Gasteiger partial charge in [-0.3, -0.25) is 4.79 Å². The van der Waals surface area contributed by atoms with Crippen LogP contribution in [0, 0.1) is 0 Å². The molecule has 1 amide bonds. The number of aromatic nitrogens is 1. The summed E-state index contributed by atoms with van der Waals surface area (Å²) in [6.45, 7) is 0.309. The molecule has 2 aromatic carbocycles. The van der Waals surface area contributed by atoms with E-state index in [4.69, 9.17) is 18.6 Å². The number of carbonyl (C=O) groups excluding carboxylic acids is 1. The van der Waals surface area contributed by atoms with Crippen LogP contribution >= 0.6 is 0 Å². The highest BCUT2D eigenvalue weighted by atomic mass is 16.5. The molecule has 0 aliphatic rings. The fourth-order valence-corrected chi connectivity index (χ4v) is 2.63.